The Kier molecular flexibility index (Phi) is 2.96. The standard InChI is InChI=1S/C12H15F3O2/c1-6(2)11(16)17-10-5-7-3-8(10)4-9(7)12(13,14)15/h7-10H,1,3-5H2,2H3. The summed E-state index contributed by atoms with van der Waals surface area (Å²) in [5, 5.41) is 0. The highest BCUT2D eigenvalue weighted by molar-refractivity contribution is 5.87. The van der Waals surface area contributed by atoms with Crippen LogP contribution < -0.4 is 0 Å². The largest absolute Gasteiger partial charge is 0.459 e. The summed E-state index contributed by atoms with van der Waals surface area (Å²) in [6, 6.07) is 0. The second-order valence-corrected chi connectivity index (χ2v) is 5.10. The van der Waals surface area contributed by atoms with Gasteiger partial charge in [0.1, 0.15) is 6.10 Å². The summed E-state index contributed by atoms with van der Waals surface area (Å²) < 4.78 is 43.0. The highest BCUT2D eigenvalue weighted by atomic mass is 19.4. The summed E-state index contributed by atoms with van der Waals surface area (Å²) >= 11 is 0. The Bertz CT molecular complexity index is 348. The maximum absolute atomic E-state index is 12.6. The molecule has 96 valence electrons. The number of esters is 1. The quantitative estimate of drug-likeness (QED) is 0.554. The lowest BCUT2D eigenvalue weighted by atomic mass is 9.87. The second kappa shape index (κ2) is 4.03. The molecule has 0 aromatic heterocycles. The molecule has 0 aromatic rings. The van der Waals surface area contributed by atoms with E-state index < -0.39 is 18.1 Å². The topological polar surface area (TPSA) is 26.3 Å². The normalized spacial score (nSPS) is 36.0. The summed E-state index contributed by atoms with van der Waals surface area (Å²) in [6.07, 6.45) is -3.49. The third-order valence-electron chi connectivity index (χ3n) is 3.82. The number of carbonyl (C=O) groups is 1. The van der Waals surface area contributed by atoms with Crippen molar-refractivity contribution in [2.45, 2.75) is 38.5 Å². The van der Waals surface area contributed by atoms with Gasteiger partial charge >= 0.3 is 12.1 Å². The molecule has 0 heterocycles. The van der Waals surface area contributed by atoms with Gasteiger partial charge in [-0.1, -0.05) is 6.58 Å². The van der Waals surface area contributed by atoms with Crippen LogP contribution in [0.2, 0.25) is 0 Å². The molecule has 2 aliphatic carbocycles. The first-order chi connectivity index (χ1) is 7.79. The number of ether oxygens (including phenoxy) is 1. The van der Waals surface area contributed by atoms with Crippen molar-refractivity contribution in [2.75, 3.05) is 0 Å². The monoisotopic (exact) mass is 248 g/mol. The Balaban J connectivity index is 1.95. The SMILES string of the molecule is C=C(C)C(=O)OC1CC2CC1CC2C(F)(F)F. The van der Waals surface area contributed by atoms with Crippen molar-refractivity contribution < 1.29 is 22.7 Å². The smallest absolute Gasteiger partial charge is 0.392 e. The van der Waals surface area contributed by atoms with Gasteiger partial charge in [0, 0.05) is 5.57 Å². The van der Waals surface area contributed by atoms with E-state index in [-0.39, 0.29) is 24.4 Å². The van der Waals surface area contributed by atoms with Gasteiger partial charge in [0.05, 0.1) is 5.92 Å². The van der Waals surface area contributed by atoms with E-state index >= 15 is 0 Å². The van der Waals surface area contributed by atoms with Crippen molar-refractivity contribution >= 4 is 5.97 Å². The number of hydrogen-bond acceptors (Lipinski definition) is 2. The molecule has 2 aliphatic rings. The van der Waals surface area contributed by atoms with Gasteiger partial charge in [-0.05, 0) is 38.0 Å². The molecule has 2 saturated carbocycles. The number of fused-ring (bicyclic) bond motifs is 2. The summed E-state index contributed by atoms with van der Waals surface area (Å²) in [4.78, 5) is 11.3. The molecule has 2 rings (SSSR count). The maximum atomic E-state index is 12.6. The highest BCUT2D eigenvalue weighted by Gasteiger charge is 2.56. The summed E-state index contributed by atoms with van der Waals surface area (Å²) in [5.74, 6) is -2.20. The van der Waals surface area contributed by atoms with Crippen LogP contribution in [0.3, 0.4) is 0 Å². The second-order valence-electron chi connectivity index (χ2n) is 5.10. The molecule has 2 nitrogen and oxygen atoms in total. The minimum absolute atomic E-state index is 0.0995. The molecular weight excluding hydrogens is 233 g/mol. The fourth-order valence-corrected chi connectivity index (χ4v) is 3.01. The van der Waals surface area contributed by atoms with Crippen molar-refractivity contribution in [1.29, 1.82) is 0 Å². The lowest BCUT2D eigenvalue weighted by Crippen LogP contribution is -2.34. The Morgan fingerprint density at radius 1 is 1.24 bits per heavy atom. The van der Waals surface area contributed by atoms with E-state index in [1.54, 1.807) is 0 Å². The molecule has 2 bridgehead atoms. The molecular formula is C12H15F3O2. The zero-order valence-electron chi connectivity index (χ0n) is 9.59. The van der Waals surface area contributed by atoms with E-state index in [9.17, 15) is 18.0 Å². The van der Waals surface area contributed by atoms with Crippen LogP contribution in [0.5, 0.6) is 0 Å². The van der Waals surface area contributed by atoms with Gasteiger partial charge in [-0.25, -0.2) is 4.79 Å². The predicted octanol–water partition coefficient (Wildman–Crippen LogP) is 3.08. The van der Waals surface area contributed by atoms with Crippen molar-refractivity contribution in [3.63, 3.8) is 0 Å². The number of carbonyl (C=O) groups excluding carboxylic acids is 1. The third kappa shape index (κ3) is 2.33. The molecule has 17 heavy (non-hydrogen) atoms. The van der Waals surface area contributed by atoms with Crippen LogP contribution in [0.15, 0.2) is 12.2 Å². The summed E-state index contributed by atoms with van der Waals surface area (Å²) in [5.41, 5.74) is 0.292. The van der Waals surface area contributed by atoms with Crippen LogP contribution in [0, 0.1) is 17.8 Å². The fraction of sp³-hybridized carbons (Fsp3) is 0.750. The molecule has 0 saturated heterocycles. The molecule has 0 N–H and O–H groups in total. The summed E-state index contributed by atoms with van der Waals surface area (Å²) in [7, 11) is 0. The van der Waals surface area contributed by atoms with Crippen LogP contribution in [0.25, 0.3) is 0 Å². The van der Waals surface area contributed by atoms with Crippen LogP contribution in [-0.2, 0) is 9.53 Å². The van der Waals surface area contributed by atoms with Gasteiger partial charge in [0.2, 0.25) is 0 Å². The fourth-order valence-electron chi connectivity index (χ4n) is 3.01. The van der Waals surface area contributed by atoms with Crippen molar-refractivity contribution in [1.82, 2.24) is 0 Å². The van der Waals surface area contributed by atoms with Crippen molar-refractivity contribution in [2.24, 2.45) is 17.8 Å². The lowest BCUT2D eigenvalue weighted by Gasteiger charge is -2.29. The van der Waals surface area contributed by atoms with Crippen molar-refractivity contribution in [3.05, 3.63) is 12.2 Å². The molecule has 0 amide bonds. The number of alkyl halides is 3. The Morgan fingerprint density at radius 3 is 2.29 bits per heavy atom. The number of hydrogen-bond donors (Lipinski definition) is 0. The van der Waals surface area contributed by atoms with E-state index in [2.05, 4.69) is 6.58 Å². The Hall–Kier alpha value is -1.00. The molecule has 0 radical (unpaired) electrons. The first-order valence-electron chi connectivity index (χ1n) is 5.72. The van der Waals surface area contributed by atoms with Crippen LogP contribution in [0.1, 0.15) is 26.2 Å². The molecule has 4 atom stereocenters. The van der Waals surface area contributed by atoms with Gasteiger partial charge in [0.25, 0.3) is 0 Å². The van der Waals surface area contributed by atoms with Gasteiger partial charge in [-0.3, -0.25) is 0 Å². The van der Waals surface area contributed by atoms with Crippen LogP contribution >= 0.6 is 0 Å². The molecule has 0 aromatic carbocycles. The van der Waals surface area contributed by atoms with E-state index in [1.165, 1.54) is 6.92 Å². The number of halogens is 3. The van der Waals surface area contributed by atoms with Crippen LogP contribution in [0.4, 0.5) is 13.2 Å². The lowest BCUT2D eigenvalue weighted by molar-refractivity contribution is -0.192. The molecule has 0 aliphatic heterocycles. The summed E-state index contributed by atoms with van der Waals surface area (Å²) in [6.45, 7) is 4.99. The van der Waals surface area contributed by atoms with E-state index in [4.69, 9.17) is 4.74 Å². The van der Waals surface area contributed by atoms with E-state index in [0.29, 0.717) is 18.4 Å². The minimum Gasteiger partial charge on any atom is -0.459 e. The Labute approximate surface area is 97.8 Å². The third-order valence-corrected chi connectivity index (χ3v) is 3.82. The number of rotatable bonds is 2. The van der Waals surface area contributed by atoms with Gasteiger partial charge in [0.15, 0.2) is 0 Å². The molecule has 0 spiro atoms. The van der Waals surface area contributed by atoms with Gasteiger partial charge in [-0.2, -0.15) is 13.2 Å². The highest BCUT2D eigenvalue weighted by Crippen LogP contribution is 2.54. The minimum atomic E-state index is -4.11. The van der Waals surface area contributed by atoms with Gasteiger partial charge < -0.3 is 4.74 Å². The Morgan fingerprint density at radius 2 is 1.88 bits per heavy atom. The molecule has 5 heteroatoms. The maximum Gasteiger partial charge on any atom is 0.392 e. The average molecular weight is 248 g/mol. The zero-order valence-corrected chi connectivity index (χ0v) is 9.59. The first kappa shape index (κ1) is 12.5. The predicted molar refractivity (Wildman–Crippen MR) is 55.1 cm³/mol. The van der Waals surface area contributed by atoms with Crippen molar-refractivity contribution in [3.8, 4) is 0 Å². The van der Waals surface area contributed by atoms with Crippen LogP contribution in [-0.4, -0.2) is 18.2 Å². The average Bonchev–Trinajstić information content (AvgIpc) is 2.74. The zero-order chi connectivity index (χ0) is 12.8. The molecule has 2 fully saturated rings. The van der Waals surface area contributed by atoms with E-state index in [1.807, 2.05) is 0 Å². The van der Waals surface area contributed by atoms with E-state index in [0.717, 1.165) is 0 Å². The van der Waals surface area contributed by atoms with Gasteiger partial charge in [-0.15, -0.1) is 0 Å². The molecule has 4 unspecified atom stereocenters. The first-order valence-corrected chi connectivity index (χ1v) is 5.72.